The molecule has 0 heterocycles. The molecule has 1 aromatic rings. The molecular weight excluding hydrogens is 311 g/mol. The van der Waals surface area contributed by atoms with Crippen molar-refractivity contribution in [2.45, 2.75) is 6.18 Å². The molecule has 21 heavy (non-hydrogen) atoms. The van der Waals surface area contributed by atoms with Gasteiger partial charge in [0, 0.05) is 6.08 Å². The van der Waals surface area contributed by atoms with Gasteiger partial charge < -0.3 is 5.11 Å². The standard InChI is InChI=1S/C11H2F7NO2/c1-19-10-8(14)6(12)5(7(13)9(10)15)3(20)2-4(21)11(16,17)18/h2,20H/b3-2-. The van der Waals surface area contributed by atoms with Crippen molar-refractivity contribution in [3.8, 4) is 0 Å². The predicted octanol–water partition coefficient (Wildman–Crippen LogP) is 3.82. The number of carbonyl (C=O) groups is 1. The lowest BCUT2D eigenvalue weighted by atomic mass is 10.1. The second kappa shape index (κ2) is 5.43. The van der Waals surface area contributed by atoms with E-state index >= 15 is 0 Å². The van der Waals surface area contributed by atoms with Crippen LogP contribution >= 0.6 is 0 Å². The molecule has 1 aromatic carbocycles. The fraction of sp³-hybridized carbons (Fsp3) is 0.0909. The maximum atomic E-state index is 13.4. The number of rotatable bonds is 2. The average Bonchev–Trinajstić information content (AvgIpc) is 2.36. The first-order valence-electron chi connectivity index (χ1n) is 4.78. The van der Waals surface area contributed by atoms with Crippen molar-refractivity contribution in [2.24, 2.45) is 0 Å². The number of ketones is 1. The lowest BCUT2D eigenvalue weighted by Gasteiger charge is -2.08. The molecule has 0 unspecified atom stereocenters. The Morgan fingerprint density at radius 2 is 1.48 bits per heavy atom. The quantitative estimate of drug-likeness (QED) is 0.296. The van der Waals surface area contributed by atoms with Crippen molar-refractivity contribution < 1.29 is 40.6 Å². The van der Waals surface area contributed by atoms with Crippen LogP contribution in [-0.2, 0) is 4.79 Å². The highest BCUT2D eigenvalue weighted by Crippen LogP contribution is 2.33. The van der Waals surface area contributed by atoms with Crippen molar-refractivity contribution in [1.29, 1.82) is 0 Å². The molecule has 0 aliphatic carbocycles. The number of hydrogen-bond acceptors (Lipinski definition) is 2. The number of halogens is 7. The first-order valence-corrected chi connectivity index (χ1v) is 4.78. The second-order valence-corrected chi connectivity index (χ2v) is 3.48. The van der Waals surface area contributed by atoms with Gasteiger partial charge in [0.15, 0.2) is 23.3 Å². The lowest BCUT2D eigenvalue weighted by Crippen LogP contribution is -2.20. The van der Waals surface area contributed by atoms with E-state index in [1.54, 1.807) is 0 Å². The highest BCUT2D eigenvalue weighted by atomic mass is 19.4. The summed E-state index contributed by atoms with van der Waals surface area (Å²) < 4.78 is 88.9. The Bertz CT molecular complexity index is 656. The Morgan fingerprint density at radius 1 is 1.05 bits per heavy atom. The van der Waals surface area contributed by atoms with Gasteiger partial charge in [-0.3, -0.25) is 4.79 Å². The molecule has 1 rings (SSSR count). The van der Waals surface area contributed by atoms with Crippen molar-refractivity contribution in [2.75, 3.05) is 0 Å². The maximum absolute atomic E-state index is 13.4. The van der Waals surface area contributed by atoms with Crippen LogP contribution in [0.25, 0.3) is 10.6 Å². The van der Waals surface area contributed by atoms with Gasteiger partial charge in [0.05, 0.1) is 12.1 Å². The number of benzene rings is 1. The molecule has 0 atom stereocenters. The Kier molecular flexibility index (Phi) is 4.26. The van der Waals surface area contributed by atoms with E-state index in [0.717, 1.165) is 0 Å². The van der Waals surface area contributed by atoms with Crippen LogP contribution in [0.3, 0.4) is 0 Å². The number of nitrogens with zero attached hydrogens (tertiary/aromatic N) is 1. The third kappa shape index (κ3) is 2.96. The third-order valence-corrected chi connectivity index (χ3v) is 2.16. The number of alkyl halides is 3. The molecule has 0 aliphatic heterocycles. The Balaban J connectivity index is 3.57. The minimum Gasteiger partial charge on any atom is -0.507 e. The molecule has 1 N–H and O–H groups in total. The third-order valence-electron chi connectivity index (χ3n) is 2.16. The molecule has 0 saturated carbocycles. The summed E-state index contributed by atoms with van der Waals surface area (Å²) in [7, 11) is 0. The fourth-order valence-corrected chi connectivity index (χ4v) is 1.22. The van der Waals surface area contributed by atoms with E-state index in [2.05, 4.69) is 4.85 Å². The number of allylic oxidation sites excluding steroid dienone is 1. The first-order chi connectivity index (χ1) is 9.52. The van der Waals surface area contributed by atoms with Crippen LogP contribution in [0.1, 0.15) is 5.56 Å². The Morgan fingerprint density at radius 3 is 1.81 bits per heavy atom. The first kappa shape index (κ1) is 16.5. The molecule has 0 radical (unpaired) electrons. The second-order valence-electron chi connectivity index (χ2n) is 3.48. The van der Waals surface area contributed by atoms with Crippen LogP contribution in [0.5, 0.6) is 0 Å². The van der Waals surface area contributed by atoms with E-state index in [1.165, 1.54) is 0 Å². The van der Waals surface area contributed by atoms with E-state index in [9.17, 15) is 35.5 Å². The summed E-state index contributed by atoms with van der Waals surface area (Å²) in [5.41, 5.74) is -3.60. The van der Waals surface area contributed by atoms with Gasteiger partial charge in [0.1, 0.15) is 5.76 Å². The molecular formula is C11H2F7NO2. The van der Waals surface area contributed by atoms with E-state index < -0.39 is 58.3 Å². The van der Waals surface area contributed by atoms with Gasteiger partial charge in [-0.25, -0.2) is 22.4 Å². The van der Waals surface area contributed by atoms with E-state index in [0.29, 0.717) is 0 Å². The predicted molar refractivity (Wildman–Crippen MR) is 54.2 cm³/mol. The lowest BCUT2D eigenvalue weighted by molar-refractivity contribution is -0.165. The summed E-state index contributed by atoms with van der Waals surface area (Å²) in [6.45, 7) is 6.32. The molecule has 0 amide bonds. The summed E-state index contributed by atoms with van der Waals surface area (Å²) in [5.74, 6) is -13.7. The van der Waals surface area contributed by atoms with E-state index in [4.69, 9.17) is 11.7 Å². The van der Waals surface area contributed by atoms with Crippen LogP contribution in [-0.4, -0.2) is 17.1 Å². The maximum Gasteiger partial charge on any atom is 0.454 e. The van der Waals surface area contributed by atoms with Crippen molar-refractivity contribution in [1.82, 2.24) is 0 Å². The zero-order chi connectivity index (χ0) is 16.5. The van der Waals surface area contributed by atoms with E-state index in [-0.39, 0.29) is 0 Å². The molecule has 0 aromatic heterocycles. The van der Waals surface area contributed by atoms with Gasteiger partial charge in [-0.2, -0.15) is 13.2 Å². The monoisotopic (exact) mass is 313 g/mol. The summed E-state index contributed by atoms with van der Waals surface area (Å²) in [6, 6.07) is 0. The fourth-order valence-electron chi connectivity index (χ4n) is 1.22. The van der Waals surface area contributed by atoms with Crippen LogP contribution < -0.4 is 0 Å². The van der Waals surface area contributed by atoms with Gasteiger partial charge >= 0.3 is 6.18 Å². The Hall–Kier alpha value is -2.57. The van der Waals surface area contributed by atoms with Crippen molar-refractivity contribution in [3.63, 3.8) is 0 Å². The summed E-state index contributed by atoms with van der Waals surface area (Å²) in [5, 5.41) is 9.08. The number of aliphatic hydroxyl groups excluding tert-OH is 1. The summed E-state index contributed by atoms with van der Waals surface area (Å²) >= 11 is 0. The number of aliphatic hydroxyl groups is 1. The van der Waals surface area contributed by atoms with Gasteiger partial charge in [-0.1, -0.05) is 0 Å². The molecule has 3 nitrogen and oxygen atoms in total. The zero-order valence-electron chi connectivity index (χ0n) is 9.53. The van der Waals surface area contributed by atoms with Crippen molar-refractivity contribution in [3.05, 3.63) is 46.3 Å². The SMILES string of the molecule is [C-]#[N+]c1c(F)c(F)c(/C(O)=C/C(=O)C(F)(F)F)c(F)c1F. The van der Waals surface area contributed by atoms with Crippen LogP contribution in [0.15, 0.2) is 6.08 Å². The summed E-state index contributed by atoms with van der Waals surface area (Å²) in [6.07, 6.45) is -6.10. The number of carbonyl (C=O) groups excluding carboxylic acids is 1. The van der Waals surface area contributed by atoms with Gasteiger partial charge in [-0.15, -0.1) is 0 Å². The molecule has 0 fully saturated rings. The largest absolute Gasteiger partial charge is 0.507 e. The molecule has 0 spiro atoms. The summed E-state index contributed by atoms with van der Waals surface area (Å²) in [4.78, 5) is 12.7. The minimum absolute atomic E-state index is 0.641. The van der Waals surface area contributed by atoms with E-state index in [1.807, 2.05) is 0 Å². The normalized spacial score (nSPS) is 12.2. The zero-order valence-corrected chi connectivity index (χ0v) is 9.53. The minimum atomic E-state index is -5.46. The van der Waals surface area contributed by atoms with Gasteiger partial charge in [0.25, 0.3) is 11.5 Å². The van der Waals surface area contributed by atoms with Gasteiger partial charge in [0.2, 0.25) is 0 Å². The van der Waals surface area contributed by atoms with Crippen LogP contribution in [0.4, 0.5) is 36.4 Å². The highest BCUT2D eigenvalue weighted by molar-refractivity contribution is 5.99. The average molecular weight is 313 g/mol. The molecule has 10 heteroatoms. The van der Waals surface area contributed by atoms with Gasteiger partial charge in [-0.05, 0) is 0 Å². The Labute approximate surface area is 111 Å². The van der Waals surface area contributed by atoms with Crippen molar-refractivity contribution >= 4 is 17.2 Å². The molecule has 0 bridgehead atoms. The topological polar surface area (TPSA) is 41.7 Å². The molecule has 0 aliphatic rings. The molecule has 112 valence electrons. The number of hydrogen-bond donors (Lipinski definition) is 1. The highest BCUT2D eigenvalue weighted by Gasteiger charge is 2.38. The van der Waals surface area contributed by atoms with Crippen LogP contribution in [0, 0.1) is 29.8 Å². The van der Waals surface area contributed by atoms with Crippen LogP contribution in [0.2, 0.25) is 0 Å². The smallest absolute Gasteiger partial charge is 0.454 e. The molecule has 0 saturated heterocycles.